The molecule has 0 saturated heterocycles. The maximum atomic E-state index is 13.1. The fourth-order valence-electron chi connectivity index (χ4n) is 2.03. The number of H-pyrrole nitrogens is 1. The molecule has 1 heterocycles. The normalized spacial score (nSPS) is 11.0. The van der Waals surface area contributed by atoms with Crippen LogP contribution in [0, 0.1) is 10.6 Å². The van der Waals surface area contributed by atoms with E-state index in [0.29, 0.717) is 16.2 Å². The zero-order chi connectivity index (χ0) is 16.2. The van der Waals surface area contributed by atoms with Crippen molar-refractivity contribution in [2.45, 2.75) is 0 Å². The van der Waals surface area contributed by atoms with Gasteiger partial charge in [-0.2, -0.15) is 14.9 Å². The second-order valence-electron chi connectivity index (χ2n) is 4.69. The smallest absolute Gasteiger partial charge is 0.216 e. The van der Waals surface area contributed by atoms with Crippen molar-refractivity contribution in [3.8, 4) is 17.1 Å². The maximum absolute atomic E-state index is 13.1. The van der Waals surface area contributed by atoms with Crippen LogP contribution in [0.15, 0.2) is 53.6 Å². The lowest BCUT2D eigenvalue weighted by Gasteiger charge is -2.02. The number of rotatable bonds is 4. The van der Waals surface area contributed by atoms with E-state index in [9.17, 15) is 4.39 Å². The average molecular weight is 328 g/mol. The summed E-state index contributed by atoms with van der Waals surface area (Å²) < 4.78 is 20.1. The molecule has 1 N–H and O–H groups in total. The second kappa shape index (κ2) is 6.53. The van der Waals surface area contributed by atoms with Crippen LogP contribution in [0.4, 0.5) is 4.39 Å². The van der Waals surface area contributed by atoms with E-state index in [0.717, 1.165) is 11.3 Å². The third-order valence-electron chi connectivity index (χ3n) is 3.17. The molecule has 0 spiro atoms. The molecule has 23 heavy (non-hydrogen) atoms. The minimum Gasteiger partial charge on any atom is -0.497 e. The van der Waals surface area contributed by atoms with Gasteiger partial charge in [-0.25, -0.2) is 9.49 Å². The van der Waals surface area contributed by atoms with Crippen LogP contribution < -0.4 is 4.74 Å². The molecule has 3 rings (SSSR count). The van der Waals surface area contributed by atoms with E-state index in [1.165, 1.54) is 16.8 Å². The molecule has 0 atom stereocenters. The quantitative estimate of drug-likeness (QED) is 0.588. The number of ether oxygens (including phenoxy) is 1. The van der Waals surface area contributed by atoms with Crippen LogP contribution in [-0.4, -0.2) is 28.2 Å². The van der Waals surface area contributed by atoms with Crippen LogP contribution in [-0.2, 0) is 0 Å². The number of hydrogen-bond donors (Lipinski definition) is 1. The van der Waals surface area contributed by atoms with E-state index in [1.807, 2.05) is 24.3 Å². The largest absolute Gasteiger partial charge is 0.497 e. The molecule has 0 amide bonds. The highest BCUT2D eigenvalue weighted by Crippen LogP contribution is 2.18. The number of halogens is 1. The molecule has 5 nitrogen and oxygen atoms in total. The number of aromatic nitrogens is 3. The standard InChI is InChI=1S/C16H13FN4OS/c1-22-14-4-2-3-11(9-14)10-18-21-15(19-20-16(21)23)12-5-7-13(17)8-6-12/h2-10H,1H3,(H,20,23). The first kappa shape index (κ1) is 15.1. The summed E-state index contributed by atoms with van der Waals surface area (Å²) in [4.78, 5) is 0. The molecule has 7 heteroatoms. The number of aromatic amines is 1. The van der Waals surface area contributed by atoms with E-state index < -0.39 is 0 Å². The number of benzene rings is 2. The Bertz CT molecular complexity index is 899. The van der Waals surface area contributed by atoms with Crippen molar-refractivity contribution in [2.75, 3.05) is 7.11 Å². The molecule has 0 unspecified atom stereocenters. The molecule has 0 aliphatic carbocycles. The van der Waals surface area contributed by atoms with Crippen molar-refractivity contribution in [3.63, 3.8) is 0 Å². The van der Waals surface area contributed by atoms with Gasteiger partial charge in [-0.1, -0.05) is 12.1 Å². The van der Waals surface area contributed by atoms with E-state index in [2.05, 4.69) is 15.3 Å². The molecule has 0 aliphatic rings. The van der Waals surface area contributed by atoms with Crippen LogP contribution in [0.2, 0.25) is 0 Å². The van der Waals surface area contributed by atoms with E-state index in [1.54, 1.807) is 25.5 Å². The van der Waals surface area contributed by atoms with Gasteiger partial charge in [-0.3, -0.25) is 0 Å². The van der Waals surface area contributed by atoms with Gasteiger partial charge in [0.2, 0.25) is 4.77 Å². The summed E-state index contributed by atoms with van der Waals surface area (Å²) in [5, 5.41) is 11.2. The topological polar surface area (TPSA) is 55.2 Å². The number of nitrogens with one attached hydrogen (secondary N) is 1. The van der Waals surface area contributed by atoms with Crippen LogP contribution in [0.3, 0.4) is 0 Å². The van der Waals surface area contributed by atoms with Gasteiger partial charge in [-0.15, -0.1) is 0 Å². The summed E-state index contributed by atoms with van der Waals surface area (Å²) >= 11 is 5.20. The van der Waals surface area contributed by atoms with Crippen molar-refractivity contribution in [1.29, 1.82) is 0 Å². The summed E-state index contributed by atoms with van der Waals surface area (Å²) in [5.41, 5.74) is 1.57. The zero-order valence-corrected chi connectivity index (χ0v) is 13.0. The third kappa shape index (κ3) is 3.35. The Balaban J connectivity index is 1.97. The van der Waals surface area contributed by atoms with Crippen molar-refractivity contribution in [2.24, 2.45) is 5.10 Å². The van der Waals surface area contributed by atoms with E-state index >= 15 is 0 Å². The highest BCUT2D eigenvalue weighted by Gasteiger charge is 2.08. The van der Waals surface area contributed by atoms with E-state index in [4.69, 9.17) is 17.0 Å². The Morgan fingerprint density at radius 1 is 1.26 bits per heavy atom. The summed E-state index contributed by atoms with van der Waals surface area (Å²) in [6.45, 7) is 0. The molecule has 3 aromatic rings. The number of nitrogens with zero attached hydrogens (tertiary/aromatic N) is 3. The van der Waals surface area contributed by atoms with Gasteiger partial charge in [0.25, 0.3) is 0 Å². The van der Waals surface area contributed by atoms with Gasteiger partial charge < -0.3 is 4.74 Å². The van der Waals surface area contributed by atoms with Gasteiger partial charge in [0, 0.05) is 5.56 Å². The van der Waals surface area contributed by atoms with Gasteiger partial charge in [0.05, 0.1) is 13.3 Å². The Hall–Kier alpha value is -2.80. The highest BCUT2D eigenvalue weighted by atomic mass is 32.1. The number of methoxy groups -OCH3 is 1. The average Bonchev–Trinajstić information content (AvgIpc) is 2.94. The minimum absolute atomic E-state index is 0.311. The Kier molecular flexibility index (Phi) is 4.29. The van der Waals surface area contributed by atoms with Crippen LogP contribution >= 0.6 is 12.2 Å². The van der Waals surface area contributed by atoms with Crippen molar-refractivity contribution < 1.29 is 9.13 Å². The molecular formula is C16H13FN4OS. The maximum Gasteiger partial charge on any atom is 0.216 e. The van der Waals surface area contributed by atoms with E-state index in [-0.39, 0.29) is 5.82 Å². The lowest BCUT2D eigenvalue weighted by molar-refractivity contribution is 0.415. The second-order valence-corrected chi connectivity index (χ2v) is 5.08. The fourth-order valence-corrected chi connectivity index (χ4v) is 2.21. The fraction of sp³-hybridized carbons (Fsp3) is 0.0625. The van der Waals surface area contributed by atoms with Gasteiger partial charge >= 0.3 is 0 Å². The summed E-state index contributed by atoms with van der Waals surface area (Å²) in [7, 11) is 1.61. The minimum atomic E-state index is -0.311. The summed E-state index contributed by atoms with van der Waals surface area (Å²) in [6, 6.07) is 13.4. The SMILES string of the molecule is COc1cccc(C=Nn2c(-c3ccc(F)cc3)n[nH]c2=S)c1. The molecular weight excluding hydrogens is 315 g/mol. The lowest BCUT2D eigenvalue weighted by atomic mass is 10.2. The van der Waals surface area contributed by atoms with Gasteiger partial charge in [0.1, 0.15) is 11.6 Å². The number of hydrogen-bond acceptors (Lipinski definition) is 4. The zero-order valence-electron chi connectivity index (χ0n) is 12.2. The van der Waals surface area contributed by atoms with Crippen LogP contribution in [0.5, 0.6) is 5.75 Å². The Morgan fingerprint density at radius 3 is 2.78 bits per heavy atom. The summed E-state index contributed by atoms with van der Waals surface area (Å²) in [6.07, 6.45) is 1.65. The summed E-state index contributed by atoms with van der Waals surface area (Å²) in [5.74, 6) is 0.937. The molecule has 0 aliphatic heterocycles. The predicted octanol–water partition coefficient (Wildman–Crippen LogP) is 3.64. The highest BCUT2D eigenvalue weighted by molar-refractivity contribution is 7.71. The van der Waals surface area contributed by atoms with Crippen LogP contribution in [0.1, 0.15) is 5.56 Å². The van der Waals surface area contributed by atoms with Crippen molar-refractivity contribution >= 4 is 18.4 Å². The molecule has 1 aromatic heterocycles. The van der Waals surface area contributed by atoms with Gasteiger partial charge in [-0.05, 0) is 54.2 Å². The Labute approximate surface area is 137 Å². The van der Waals surface area contributed by atoms with Gasteiger partial charge in [0.15, 0.2) is 5.82 Å². The molecule has 0 radical (unpaired) electrons. The van der Waals surface area contributed by atoms with Crippen LogP contribution in [0.25, 0.3) is 11.4 Å². The van der Waals surface area contributed by atoms with Crippen molar-refractivity contribution in [3.05, 3.63) is 64.7 Å². The molecule has 0 saturated carbocycles. The Morgan fingerprint density at radius 2 is 2.04 bits per heavy atom. The lowest BCUT2D eigenvalue weighted by Crippen LogP contribution is -1.95. The monoisotopic (exact) mass is 328 g/mol. The first-order valence-electron chi connectivity index (χ1n) is 6.79. The molecule has 116 valence electrons. The first-order chi connectivity index (χ1) is 11.2. The third-order valence-corrected chi connectivity index (χ3v) is 3.43. The first-order valence-corrected chi connectivity index (χ1v) is 7.20. The molecule has 2 aromatic carbocycles. The predicted molar refractivity (Wildman–Crippen MR) is 88.8 cm³/mol. The molecule has 0 fully saturated rings. The van der Waals surface area contributed by atoms with Crippen molar-refractivity contribution in [1.82, 2.24) is 14.9 Å². The molecule has 0 bridgehead atoms.